The van der Waals surface area contributed by atoms with E-state index in [-0.39, 0.29) is 5.91 Å². The van der Waals surface area contributed by atoms with E-state index in [1.807, 2.05) is 13.0 Å². The number of amides is 1. The molecule has 1 fully saturated rings. The molecule has 1 aliphatic heterocycles. The maximum absolute atomic E-state index is 12.2. The summed E-state index contributed by atoms with van der Waals surface area (Å²) >= 11 is 0. The molecule has 1 saturated heterocycles. The van der Waals surface area contributed by atoms with Gasteiger partial charge in [0.2, 0.25) is 11.7 Å². The van der Waals surface area contributed by atoms with E-state index in [2.05, 4.69) is 25.5 Å². The Kier molecular flexibility index (Phi) is 8.74. The van der Waals surface area contributed by atoms with Crippen molar-refractivity contribution in [3.05, 3.63) is 35.7 Å². The molecule has 9 heteroatoms. The minimum atomic E-state index is -0.196. The van der Waals surface area contributed by atoms with Crippen LogP contribution in [0.25, 0.3) is 6.08 Å². The Morgan fingerprint density at radius 2 is 1.70 bits per heavy atom. The molecule has 0 atom stereocenters. The van der Waals surface area contributed by atoms with Gasteiger partial charge in [-0.3, -0.25) is 4.79 Å². The number of nitrogens with one attached hydrogen (secondary N) is 2. The number of hydrogen-bond donors (Lipinski definition) is 2. The third-order valence-electron chi connectivity index (χ3n) is 5.35. The summed E-state index contributed by atoms with van der Waals surface area (Å²) in [5.74, 6) is 3.84. The number of carbonyl (C=O) groups excluding carboxylic acids is 1. The molecule has 0 bridgehead atoms. The van der Waals surface area contributed by atoms with E-state index in [0.29, 0.717) is 30.3 Å². The largest absolute Gasteiger partial charge is 0.493 e. The Morgan fingerprint density at radius 3 is 2.33 bits per heavy atom. The molecule has 2 N–H and O–H groups in total. The summed E-state index contributed by atoms with van der Waals surface area (Å²) in [5.41, 5.74) is 0.763. The van der Waals surface area contributed by atoms with Crippen molar-refractivity contribution in [2.45, 2.75) is 26.2 Å². The normalized spacial score (nSPS) is 13.6. The Labute approximate surface area is 195 Å². The van der Waals surface area contributed by atoms with Crippen LogP contribution >= 0.6 is 0 Å². The number of hydrogen-bond acceptors (Lipinski definition) is 8. The topological polar surface area (TPSA) is 97.8 Å². The van der Waals surface area contributed by atoms with E-state index >= 15 is 0 Å². The highest BCUT2D eigenvalue weighted by atomic mass is 16.5. The second kappa shape index (κ2) is 11.9. The van der Waals surface area contributed by atoms with Crippen molar-refractivity contribution < 1.29 is 19.0 Å². The number of anilines is 2. The van der Waals surface area contributed by atoms with E-state index < -0.39 is 0 Å². The lowest BCUT2D eigenvalue weighted by Crippen LogP contribution is -2.30. The Hall–Kier alpha value is -3.49. The summed E-state index contributed by atoms with van der Waals surface area (Å²) in [7, 11) is 4.66. The highest BCUT2D eigenvalue weighted by Crippen LogP contribution is 2.38. The fourth-order valence-electron chi connectivity index (χ4n) is 3.73. The lowest BCUT2D eigenvalue weighted by atomic mass is 10.1. The van der Waals surface area contributed by atoms with E-state index in [4.69, 9.17) is 14.2 Å². The maximum Gasteiger partial charge on any atom is 0.244 e. The first-order valence-electron chi connectivity index (χ1n) is 11.1. The van der Waals surface area contributed by atoms with Crippen molar-refractivity contribution in [2.75, 3.05) is 57.7 Å². The van der Waals surface area contributed by atoms with Gasteiger partial charge < -0.3 is 29.7 Å². The summed E-state index contributed by atoms with van der Waals surface area (Å²) < 4.78 is 16.0. The van der Waals surface area contributed by atoms with Crippen LogP contribution in [0.15, 0.2) is 24.3 Å². The average molecular weight is 456 g/mol. The minimum Gasteiger partial charge on any atom is -0.493 e. The number of piperidine rings is 1. The van der Waals surface area contributed by atoms with Crippen LogP contribution in [0.4, 0.5) is 11.6 Å². The third kappa shape index (κ3) is 6.74. The number of aryl methyl sites for hydroxylation is 1. The summed E-state index contributed by atoms with van der Waals surface area (Å²) in [6.45, 7) is 4.98. The van der Waals surface area contributed by atoms with Gasteiger partial charge in [-0.15, -0.1) is 0 Å². The van der Waals surface area contributed by atoms with Crippen LogP contribution in [0.5, 0.6) is 17.2 Å². The lowest BCUT2D eigenvalue weighted by Gasteiger charge is -2.28. The van der Waals surface area contributed by atoms with Gasteiger partial charge in [0.05, 0.1) is 21.3 Å². The first kappa shape index (κ1) is 24.2. The summed E-state index contributed by atoms with van der Waals surface area (Å²) in [6.07, 6.45) is 6.85. The van der Waals surface area contributed by atoms with Crippen LogP contribution < -0.4 is 29.7 Å². The fourth-order valence-corrected chi connectivity index (χ4v) is 3.73. The smallest absolute Gasteiger partial charge is 0.244 e. The van der Waals surface area contributed by atoms with Gasteiger partial charge in [0, 0.05) is 38.3 Å². The Bertz CT molecular complexity index is 948. The van der Waals surface area contributed by atoms with Gasteiger partial charge in [-0.05, 0) is 50.0 Å². The second-order valence-corrected chi connectivity index (χ2v) is 7.72. The zero-order chi connectivity index (χ0) is 23.6. The van der Waals surface area contributed by atoms with E-state index in [1.165, 1.54) is 25.3 Å². The molecular formula is C24H33N5O4. The number of aromatic nitrogens is 2. The van der Waals surface area contributed by atoms with Crippen LogP contribution in [-0.4, -0.2) is 63.4 Å². The fraction of sp³-hybridized carbons (Fsp3) is 0.458. The quantitative estimate of drug-likeness (QED) is 0.417. The molecular weight excluding hydrogens is 422 g/mol. The monoisotopic (exact) mass is 455 g/mol. The van der Waals surface area contributed by atoms with E-state index in [9.17, 15) is 4.79 Å². The lowest BCUT2D eigenvalue weighted by molar-refractivity contribution is -0.116. The van der Waals surface area contributed by atoms with Crippen molar-refractivity contribution in [2.24, 2.45) is 0 Å². The van der Waals surface area contributed by atoms with Crippen molar-refractivity contribution in [3.8, 4) is 17.2 Å². The maximum atomic E-state index is 12.2. The number of ether oxygens (including phenoxy) is 3. The van der Waals surface area contributed by atoms with Gasteiger partial charge >= 0.3 is 0 Å². The molecule has 1 amide bonds. The average Bonchev–Trinajstić information content (AvgIpc) is 2.84. The Balaban J connectivity index is 1.51. The zero-order valence-electron chi connectivity index (χ0n) is 19.8. The van der Waals surface area contributed by atoms with Crippen LogP contribution in [0, 0.1) is 6.92 Å². The summed E-state index contributed by atoms with van der Waals surface area (Å²) in [5, 5.41) is 6.14. The first-order valence-corrected chi connectivity index (χ1v) is 11.1. The molecule has 0 saturated carbocycles. The molecule has 1 aromatic heterocycles. The van der Waals surface area contributed by atoms with E-state index in [0.717, 1.165) is 36.1 Å². The molecule has 2 heterocycles. The highest BCUT2D eigenvalue weighted by molar-refractivity contribution is 5.91. The van der Waals surface area contributed by atoms with Gasteiger partial charge in [-0.1, -0.05) is 0 Å². The molecule has 0 unspecified atom stereocenters. The Morgan fingerprint density at radius 1 is 1.00 bits per heavy atom. The highest BCUT2D eigenvalue weighted by Gasteiger charge is 2.14. The molecule has 1 aromatic carbocycles. The molecule has 3 rings (SSSR count). The van der Waals surface area contributed by atoms with Crippen LogP contribution in [0.2, 0.25) is 0 Å². The number of rotatable bonds is 10. The van der Waals surface area contributed by atoms with Gasteiger partial charge in [0.15, 0.2) is 11.5 Å². The molecule has 0 aliphatic carbocycles. The molecule has 0 radical (unpaired) electrons. The van der Waals surface area contributed by atoms with Gasteiger partial charge in [0.1, 0.15) is 17.5 Å². The number of carbonyl (C=O) groups is 1. The van der Waals surface area contributed by atoms with Gasteiger partial charge in [-0.25, -0.2) is 9.97 Å². The standard InChI is InChI=1S/C24H33N5O4/c1-17-27-21(16-22(28-17)29-12-6-5-7-13-29)25-10-11-26-23(30)9-8-18-14-19(31-2)24(33-4)20(15-18)32-3/h8-9,14-16H,5-7,10-13H2,1-4H3,(H,26,30)(H,25,27,28)/b9-8+. The molecule has 0 spiro atoms. The number of methoxy groups -OCH3 is 3. The van der Waals surface area contributed by atoms with Crippen molar-refractivity contribution in [1.29, 1.82) is 0 Å². The summed E-state index contributed by atoms with van der Waals surface area (Å²) in [6, 6.07) is 5.54. The van der Waals surface area contributed by atoms with E-state index in [1.54, 1.807) is 39.5 Å². The molecule has 9 nitrogen and oxygen atoms in total. The number of nitrogens with zero attached hydrogens (tertiary/aromatic N) is 3. The SMILES string of the molecule is COc1cc(/C=C/C(=O)NCCNc2cc(N3CCCCC3)nc(C)n2)cc(OC)c1OC. The second-order valence-electron chi connectivity index (χ2n) is 7.72. The van der Waals surface area contributed by atoms with Crippen LogP contribution in [-0.2, 0) is 4.79 Å². The zero-order valence-corrected chi connectivity index (χ0v) is 19.8. The first-order chi connectivity index (χ1) is 16.0. The van der Waals surface area contributed by atoms with Crippen molar-refractivity contribution in [3.63, 3.8) is 0 Å². The predicted octanol–water partition coefficient (Wildman–Crippen LogP) is 3.04. The van der Waals surface area contributed by atoms with Crippen LogP contribution in [0.3, 0.4) is 0 Å². The van der Waals surface area contributed by atoms with Crippen LogP contribution in [0.1, 0.15) is 30.7 Å². The predicted molar refractivity (Wildman–Crippen MR) is 129 cm³/mol. The summed E-state index contributed by atoms with van der Waals surface area (Å²) in [4.78, 5) is 23.6. The van der Waals surface area contributed by atoms with Gasteiger partial charge in [-0.2, -0.15) is 0 Å². The van der Waals surface area contributed by atoms with Gasteiger partial charge in [0.25, 0.3) is 0 Å². The third-order valence-corrected chi connectivity index (χ3v) is 5.35. The number of benzene rings is 1. The molecule has 33 heavy (non-hydrogen) atoms. The van der Waals surface area contributed by atoms with Crippen molar-refractivity contribution in [1.82, 2.24) is 15.3 Å². The molecule has 1 aliphatic rings. The molecule has 178 valence electrons. The minimum absolute atomic E-state index is 0.196. The molecule has 2 aromatic rings. The van der Waals surface area contributed by atoms with Crippen molar-refractivity contribution >= 4 is 23.6 Å².